The van der Waals surface area contributed by atoms with E-state index in [1.165, 1.54) is 5.56 Å². The third-order valence-electron chi connectivity index (χ3n) is 9.75. The second kappa shape index (κ2) is 16.0. The second-order valence-electron chi connectivity index (χ2n) is 14.3. The highest BCUT2D eigenvalue weighted by Crippen LogP contribution is 2.40. The minimum absolute atomic E-state index is 0.0785. The predicted molar refractivity (Wildman–Crippen MR) is 187 cm³/mol. The predicted octanol–water partition coefficient (Wildman–Crippen LogP) is 3.71. The summed E-state index contributed by atoms with van der Waals surface area (Å²) >= 11 is 0. The van der Waals surface area contributed by atoms with Crippen molar-refractivity contribution in [3.05, 3.63) is 70.3 Å². The van der Waals surface area contributed by atoms with Crippen LogP contribution in [0.15, 0.2) is 42.5 Å². The van der Waals surface area contributed by atoms with Gasteiger partial charge < -0.3 is 40.3 Å². The zero-order valence-electron chi connectivity index (χ0n) is 29.6. The van der Waals surface area contributed by atoms with E-state index in [4.69, 9.17) is 9.47 Å². The first-order valence-corrected chi connectivity index (χ1v) is 17.1. The van der Waals surface area contributed by atoms with Gasteiger partial charge in [0.15, 0.2) is 0 Å². The van der Waals surface area contributed by atoms with Gasteiger partial charge in [-0.1, -0.05) is 50.3 Å². The Bertz CT molecular complexity index is 1430. The molecular weight excluding hydrogens is 610 g/mol. The van der Waals surface area contributed by atoms with Crippen molar-refractivity contribution in [3.63, 3.8) is 0 Å². The van der Waals surface area contributed by atoms with E-state index in [9.17, 15) is 24.9 Å². The molecule has 2 aliphatic heterocycles. The molecule has 1 unspecified atom stereocenters. The highest BCUT2D eigenvalue weighted by atomic mass is 16.5. The first-order valence-electron chi connectivity index (χ1n) is 17.1. The van der Waals surface area contributed by atoms with E-state index in [1.54, 1.807) is 25.9 Å². The van der Waals surface area contributed by atoms with E-state index in [-0.39, 0.29) is 24.2 Å². The zero-order chi connectivity index (χ0) is 35.2. The molecule has 2 fully saturated rings. The Morgan fingerprint density at radius 2 is 1.79 bits per heavy atom. The lowest BCUT2D eigenvalue weighted by Crippen LogP contribution is -2.60. The van der Waals surface area contributed by atoms with Gasteiger partial charge in [0, 0.05) is 38.2 Å². The summed E-state index contributed by atoms with van der Waals surface area (Å²) in [6.07, 6.45) is 2.00. The van der Waals surface area contributed by atoms with Crippen LogP contribution in [0.3, 0.4) is 0 Å². The van der Waals surface area contributed by atoms with Gasteiger partial charge in [0.05, 0.1) is 31.3 Å². The molecule has 264 valence electrons. The van der Waals surface area contributed by atoms with E-state index in [0.717, 1.165) is 41.8 Å². The van der Waals surface area contributed by atoms with Crippen LogP contribution < -0.4 is 15.4 Å². The van der Waals surface area contributed by atoms with Gasteiger partial charge in [0.1, 0.15) is 23.5 Å². The minimum Gasteiger partial charge on any atom is -0.496 e. The molecule has 10 nitrogen and oxygen atoms in total. The number of piperazine rings is 1. The summed E-state index contributed by atoms with van der Waals surface area (Å²) in [6, 6.07) is 12.3. The number of hydrogen-bond donors (Lipinski definition) is 5. The molecule has 0 radical (unpaired) electrons. The Morgan fingerprint density at radius 3 is 2.40 bits per heavy atom. The zero-order valence-corrected chi connectivity index (χ0v) is 29.6. The average Bonchev–Trinajstić information content (AvgIpc) is 3.08. The van der Waals surface area contributed by atoms with Crippen molar-refractivity contribution in [3.8, 4) is 5.75 Å². The van der Waals surface area contributed by atoms with Gasteiger partial charge in [-0.15, -0.1) is 0 Å². The largest absolute Gasteiger partial charge is 0.496 e. The van der Waals surface area contributed by atoms with Crippen LogP contribution in [0.1, 0.15) is 94.2 Å². The summed E-state index contributed by atoms with van der Waals surface area (Å²) in [4.78, 5) is 28.2. The van der Waals surface area contributed by atoms with Crippen LogP contribution >= 0.6 is 0 Å². The molecule has 4 rings (SSSR count). The Labute approximate surface area is 285 Å². The maximum atomic E-state index is 13.3. The van der Waals surface area contributed by atoms with Crippen LogP contribution in [-0.4, -0.2) is 95.8 Å². The number of hydrogen-bond acceptors (Lipinski definition) is 8. The summed E-state index contributed by atoms with van der Waals surface area (Å²) in [5.74, 6) is 0.639. The van der Waals surface area contributed by atoms with Gasteiger partial charge >= 0.3 is 0 Å². The first kappa shape index (κ1) is 37.5. The molecule has 0 aromatic heterocycles. The lowest BCUT2D eigenvalue weighted by atomic mass is 9.86. The van der Waals surface area contributed by atoms with Crippen molar-refractivity contribution >= 4 is 17.9 Å². The monoisotopic (exact) mass is 665 g/mol. The molecular formula is C38H55N3O7. The van der Waals surface area contributed by atoms with Crippen molar-refractivity contribution in [2.24, 2.45) is 5.41 Å². The number of aliphatic hydroxyl groups is 3. The molecule has 2 aliphatic rings. The molecule has 0 bridgehead atoms. The maximum absolute atomic E-state index is 13.3. The number of nitrogens with zero attached hydrogens (tertiary/aromatic N) is 1. The summed E-state index contributed by atoms with van der Waals surface area (Å²) in [5.41, 5.74) is 3.26. The van der Waals surface area contributed by atoms with E-state index in [0.29, 0.717) is 25.3 Å². The van der Waals surface area contributed by atoms with Gasteiger partial charge in [0.2, 0.25) is 11.8 Å². The van der Waals surface area contributed by atoms with Gasteiger partial charge in [-0.3, -0.25) is 9.59 Å². The fourth-order valence-corrected chi connectivity index (χ4v) is 6.33. The van der Waals surface area contributed by atoms with E-state index >= 15 is 0 Å². The van der Waals surface area contributed by atoms with Crippen LogP contribution in [0, 0.1) is 5.41 Å². The van der Waals surface area contributed by atoms with Gasteiger partial charge in [-0.2, -0.15) is 0 Å². The highest BCUT2D eigenvalue weighted by Gasteiger charge is 2.39. The number of methoxy groups -OCH3 is 1. The van der Waals surface area contributed by atoms with Gasteiger partial charge in [0.25, 0.3) is 0 Å². The molecule has 10 heteroatoms. The standard InChI is InChI=1S/C38H55N3O7/c1-8-24(2)28-21-31(47-7)29(32-22-30(43)34(44)33(23-42)48-32)20-27(28)19-26-11-9-25(10-12-26)13-14-37(3,4)35(45)40-38(5,6)36(46)41-17-15-39-16-18-41/h9-14,20-21,24,30,32-34,39,42-44H,8,15-19,22-23H2,1-7H3,(H,40,45)/b14-13+/t24?,30-,32-,33-,34-/m1/s1. The van der Waals surface area contributed by atoms with Crippen LogP contribution in [0.2, 0.25) is 0 Å². The topological polar surface area (TPSA) is 141 Å². The summed E-state index contributed by atoms with van der Waals surface area (Å²) in [6.45, 7) is 13.9. The van der Waals surface area contributed by atoms with Gasteiger partial charge in [-0.05, 0) is 80.8 Å². The van der Waals surface area contributed by atoms with Crippen molar-refractivity contribution < 1.29 is 34.4 Å². The van der Waals surface area contributed by atoms with Crippen LogP contribution in [0.25, 0.3) is 6.08 Å². The Kier molecular flexibility index (Phi) is 12.5. The molecule has 2 aromatic rings. The fourth-order valence-electron chi connectivity index (χ4n) is 6.33. The lowest BCUT2D eigenvalue weighted by molar-refractivity contribution is -0.181. The van der Waals surface area contributed by atoms with Gasteiger partial charge in [-0.25, -0.2) is 0 Å². The van der Waals surface area contributed by atoms with E-state index in [1.807, 2.05) is 38.1 Å². The van der Waals surface area contributed by atoms with E-state index in [2.05, 4.69) is 48.7 Å². The molecule has 5 atom stereocenters. The molecule has 5 N–H and O–H groups in total. The number of ether oxygens (including phenoxy) is 2. The number of rotatable bonds is 12. The Hall–Kier alpha value is -3.28. The Morgan fingerprint density at radius 1 is 1.12 bits per heavy atom. The smallest absolute Gasteiger partial charge is 0.247 e. The molecule has 2 amide bonds. The van der Waals surface area contributed by atoms with Crippen molar-refractivity contribution in [2.45, 2.75) is 96.7 Å². The third kappa shape index (κ3) is 8.84. The van der Waals surface area contributed by atoms with E-state index < -0.39 is 42.0 Å². The number of benzene rings is 2. The number of carbonyl (C=O) groups excluding carboxylic acids is 2. The molecule has 0 aliphatic carbocycles. The van der Waals surface area contributed by atoms with Crippen molar-refractivity contribution in [2.75, 3.05) is 39.9 Å². The third-order valence-corrected chi connectivity index (χ3v) is 9.75. The number of amides is 2. The number of carbonyl (C=O) groups is 2. The van der Waals surface area contributed by atoms with Crippen LogP contribution in [0.4, 0.5) is 0 Å². The molecule has 2 heterocycles. The van der Waals surface area contributed by atoms with Crippen LogP contribution in [-0.2, 0) is 20.7 Å². The number of nitrogens with one attached hydrogen (secondary N) is 2. The molecule has 0 saturated carbocycles. The molecule has 0 spiro atoms. The summed E-state index contributed by atoms with van der Waals surface area (Å²) in [7, 11) is 1.61. The normalized spacial score (nSPS) is 22.8. The minimum atomic E-state index is -1.15. The van der Waals surface area contributed by atoms with Crippen molar-refractivity contribution in [1.82, 2.24) is 15.5 Å². The Balaban J connectivity index is 1.50. The molecule has 2 saturated heterocycles. The molecule has 48 heavy (non-hydrogen) atoms. The fraction of sp³-hybridized carbons (Fsp3) is 0.579. The first-order chi connectivity index (χ1) is 22.7. The highest BCUT2D eigenvalue weighted by molar-refractivity contribution is 5.93. The summed E-state index contributed by atoms with van der Waals surface area (Å²) < 4.78 is 11.8. The number of aliphatic hydroxyl groups excluding tert-OH is 3. The summed E-state index contributed by atoms with van der Waals surface area (Å²) in [5, 5.41) is 36.7. The average molecular weight is 666 g/mol. The lowest BCUT2D eigenvalue weighted by Gasteiger charge is -2.37. The quantitative estimate of drug-likeness (QED) is 0.231. The van der Waals surface area contributed by atoms with Crippen LogP contribution in [0.5, 0.6) is 5.75 Å². The van der Waals surface area contributed by atoms with Crippen molar-refractivity contribution in [1.29, 1.82) is 0 Å². The SMILES string of the molecule is CCC(C)c1cc(OC)c([C@H]2C[C@@H](O)[C@@H](O)[C@@H](CO)O2)cc1Cc1ccc(/C=C/C(C)(C)C(=O)NC(C)(C)C(=O)N2CCNCC2)cc1. The molecule has 2 aromatic carbocycles. The second-order valence-corrected chi connectivity index (χ2v) is 14.3. The maximum Gasteiger partial charge on any atom is 0.247 e.